The van der Waals surface area contributed by atoms with Crippen LogP contribution in [0.2, 0.25) is 5.02 Å². The highest BCUT2D eigenvalue weighted by Crippen LogP contribution is 2.37. The Kier molecular flexibility index (Phi) is 5.27. The van der Waals surface area contributed by atoms with Gasteiger partial charge in [-0.1, -0.05) is 23.7 Å². The van der Waals surface area contributed by atoms with Crippen molar-refractivity contribution < 1.29 is 19.1 Å². The lowest BCUT2D eigenvalue weighted by atomic mass is 9.75. The molecule has 0 unspecified atom stereocenters. The summed E-state index contributed by atoms with van der Waals surface area (Å²) in [4.78, 5) is 33.0. The van der Waals surface area contributed by atoms with Crippen molar-refractivity contribution in [1.29, 1.82) is 0 Å². The maximum Gasteiger partial charge on any atom is 0.251 e. The van der Waals surface area contributed by atoms with Gasteiger partial charge in [0, 0.05) is 17.8 Å². The van der Waals surface area contributed by atoms with Crippen LogP contribution in [0, 0.1) is 18.7 Å². The van der Waals surface area contributed by atoms with Crippen molar-refractivity contribution in [2.75, 3.05) is 11.4 Å². The van der Waals surface area contributed by atoms with Gasteiger partial charge in [-0.25, -0.2) is 9.37 Å². The summed E-state index contributed by atoms with van der Waals surface area (Å²) in [6, 6.07) is 7.60. The third kappa shape index (κ3) is 3.84. The Morgan fingerprint density at radius 3 is 2.55 bits per heavy atom. The zero-order valence-electron chi connectivity index (χ0n) is 15.9. The first-order chi connectivity index (χ1) is 13.8. The maximum absolute atomic E-state index is 14.5. The molecule has 1 saturated carbocycles. The molecule has 1 aromatic carbocycles. The fourth-order valence-corrected chi connectivity index (χ4v) is 4.10. The second-order valence-electron chi connectivity index (χ2n) is 7.72. The van der Waals surface area contributed by atoms with Crippen LogP contribution in [-0.4, -0.2) is 45.5 Å². The number of pyridine rings is 1. The molecular formula is C21H21ClFN3O3. The lowest BCUT2D eigenvalue weighted by Gasteiger charge is -2.47. The number of hydrogen-bond donors (Lipinski definition) is 1. The lowest BCUT2D eigenvalue weighted by molar-refractivity contribution is -0.149. The van der Waals surface area contributed by atoms with Crippen molar-refractivity contribution in [3.8, 4) is 0 Å². The van der Waals surface area contributed by atoms with Gasteiger partial charge in [-0.15, -0.1) is 0 Å². The number of aliphatic hydroxyl groups excluding tert-OH is 1. The summed E-state index contributed by atoms with van der Waals surface area (Å²) in [6.45, 7) is 1.68. The van der Waals surface area contributed by atoms with Crippen molar-refractivity contribution in [2.24, 2.45) is 5.92 Å². The highest BCUT2D eigenvalue weighted by Gasteiger charge is 2.48. The molecule has 29 heavy (non-hydrogen) atoms. The minimum Gasteiger partial charge on any atom is -0.393 e. The quantitative estimate of drug-likeness (QED) is 0.830. The standard InChI is InChI=1S/C21H21ClFN3O3/c1-12-6-17(23)20(24-9-12)26-11-18(28)25(10-13-2-4-15(22)5-3-13)19(21(26)29)14-7-16(27)8-14/h2-6,9,14,16,19,27H,7-8,10-11H2,1H3/t14?,16?,19-/m0/s1. The molecule has 6 nitrogen and oxygen atoms in total. The summed E-state index contributed by atoms with van der Waals surface area (Å²) in [5, 5.41) is 10.3. The number of piperazine rings is 1. The van der Waals surface area contributed by atoms with Crippen molar-refractivity contribution in [1.82, 2.24) is 9.88 Å². The third-order valence-corrected chi connectivity index (χ3v) is 5.80. The number of benzene rings is 1. The molecule has 2 fully saturated rings. The molecule has 2 aromatic rings. The number of hydrogen-bond acceptors (Lipinski definition) is 4. The van der Waals surface area contributed by atoms with Gasteiger partial charge in [-0.3, -0.25) is 14.5 Å². The number of aliphatic hydroxyl groups is 1. The van der Waals surface area contributed by atoms with Crippen LogP contribution in [0.3, 0.4) is 0 Å². The Morgan fingerprint density at radius 1 is 1.24 bits per heavy atom. The van der Waals surface area contributed by atoms with Crippen LogP contribution in [0.4, 0.5) is 10.2 Å². The molecule has 8 heteroatoms. The van der Waals surface area contributed by atoms with Gasteiger partial charge in [-0.05, 0) is 55.0 Å². The summed E-state index contributed by atoms with van der Waals surface area (Å²) in [5.41, 5.74) is 1.47. The van der Waals surface area contributed by atoms with E-state index in [1.807, 2.05) is 0 Å². The molecule has 2 amide bonds. The van der Waals surface area contributed by atoms with Crippen molar-refractivity contribution in [2.45, 2.75) is 38.5 Å². The van der Waals surface area contributed by atoms with Gasteiger partial charge in [0.25, 0.3) is 5.91 Å². The van der Waals surface area contributed by atoms with Gasteiger partial charge in [0.05, 0.1) is 6.10 Å². The number of aryl methyl sites for hydroxylation is 1. The number of halogens is 2. The van der Waals surface area contributed by atoms with E-state index >= 15 is 0 Å². The van der Waals surface area contributed by atoms with Gasteiger partial charge in [0.15, 0.2) is 11.6 Å². The van der Waals surface area contributed by atoms with Crippen LogP contribution in [0.5, 0.6) is 0 Å². The van der Waals surface area contributed by atoms with E-state index in [4.69, 9.17) is 11.6 Å². The molecule has 152 valence electrons. The summed E-state index contributed by atoms with van der Waals surface area (Å²) < 4.78 is 14.5. The molecule has 0 spiro atoms. The van der Waals surface area contributed by atoms with E-state index in [0.717, 1.165) is 10.5 Å². The number of anilines is 1. The number of amides is 2. The second-order valence-corrected chi connectivity index (χ2v) is 8.16. The Labute approximate surface area is 172 Å². The smallest absolute Gasteiger partial charge is 0.251 e. The zero-order valence-corrected chi connectivity index (χ0v) is 16.6. The summed E-state index contributed by atoms with van der Waals surface area (Å²) >= 11 is 5.93. The van der Waals surface area contributed by atoms with E-state index in [1.165, 1.54) is 17.2 Å². The molecule has 1 N–H and O–H groups in total. The Balaban J connectivity index is 1.65. The number of rotatable bonds is 4. The molecular weight excluding hydrogens is 397 g/mol. The first-order valence-electron chi connectivity index (χ1n) is 9.49. The molecule has 0 bridgehead atoms. The highest BCUT2D eigenvalue weighted by molar-refractivity contribution is 6.30. The Hall–Kier alpha value is -2.51. The van der Waals surface area contributed by atoms with Crippen LogP contribution in [0.15, 0.2) is 36.5 Å². The average Bonchev–Trinajstić information content (AvgIpc) is 2.65. The first kappa shape index (κ1) is 19.8. The highest BCUT2D eigenvalue weighted by atomic mass is 35.5. The van der Waals surface area contributed by atoms with Gasteiger partial charge in [0.2, 0.25) is 5.91 Å². The van der Waals surface area contributed by atoms with Gasteiger partial charge in [0.1, 0.15) is 12.6 Å². The molecule has 1 aromatic heterocycles. The lowest BCUT2D eigenvalue weighted by Crippen LogP contribution is -2.64. The first-order valence-corrected chi connectivity index (χ1v) is 9.87. The van der Waals surface area contributed by atoms with E-state index in [-0.39, 0.29) is 36.6 Å². The van der Waals surface area contributed by atoms with Crippen LogP contribution in [0.1, 0.15) is 24.0 Å². The van der Waals surface area contributed by atoms with E-state index in [9.17, 15) is 19.1 Å². The van der Waals surface area contributed by atoms with E-state index in [0.29, 0.717) is 23.4 Å². The van der Waals surface area contributed by atoms with Crippen LogP contribution in [-0.2, 0) is 16.1 Å². The predicted octanol–water partition coefficient (Wildman–Crippen LogP) is 2.70. The predicted molar refractivity (Wildman–Crippen MR) is 106 cm³/mol. The van der Waals surface area contributed by atoms with Crippen LogP contribution in [0.25, 0.3) is 0 Å². The number of nitrogens with zero attached hydrogens (tertiary/aromatic N) is 3. The molecule has 1 aliphatic carbocycles. The molecule has 1 atom stereocenters. The number of aromatic nitrogens is 1. The molecule has 2 aliphatic rings. The van der Waals surface area contributed by atoms with Crippen molar-refractivity contribution in [3.05, 3.63) is 58.5 Å². The largest absolute Gasteiger partial charge is 0.393 e. The molecule has 0 radical (unpaired) electrons. The normalized spacial score (nSPS) is 24.6. The van der Waals surface area contributed by atoms with Crippen LogP contribution >= 0.6 is 11.6 Å². The average molecular weight is 418 g/mol. The van der Waals surface area contributed by atoms with Crippen LogP contribution < -0.4 is 4.90 Å². The summed E-state index contributed by atoms with van der Waals surface area (Å²) in [7, 11) is 0. The molecule has 2 heterocycles. The number of carbonyl (C=O) groups excluding carboxylic acids is 2. The third-order valence-electron chi connectivity index (χ3n) is 5.55. The topological polar surface area (TPSA) is 73.7 Å². The Bertz CT molecular complexity index is 947. The van der Waals surface area contributed by atoms with Crippen molar-refractivity contribution >= 4 is 29.2 Å². The van der Waals surface area contributed by atoms with E-state index < -0.39 is 18.0 Å². The van der Waals surface area contributed by atoms with Crippen molar-refractivity contribution in [3.63, 3.8) is 0 Å². The molecule has 1 aliphatic heterocycles. The Morgan fingerprint density at radius 2 is 1.93 bits per heavy atom. The summed E-state index contributed by atoms with van der Waals surface area (Å²) in [5.74, 6) is -1.60. The van der Waals surface area contributed by atoms with E-state index in [2.05, 4.69) is 4.98 Å². The fourth-order valence-electron chi connectivity index (χ4n) is 3.97. The minimum atomic E-state index is -0.766. The second kappa shape index (κ2) is 7.72. The zero-order chi connectivity index (χ0) is 20.7. The van der Waals surface area contributed by atoms with Gasteiger partial charge >= 0.3 is 0 Å². The monoisotopic (exact) mass is 417 g/mol. The van der Waals surface area contributed by atoms with Gasteiger partial charge in [-0.2, -0.15) is 0 Å². The number of carbonyl (C=O) groups is 2. The van der Waals surface area contributed by atoms with Gasteiger partial charge < -0.3 is 10.0 Å². The minimum absolute atomic E-state index is 0.134. The molecule has 1 saturated heterocycles. The molecule has 4 rings (SSSR count). The maximum atomic E-state index is 14.5. The van der Waals surface area contributed by atoms with E-state index in [1.54, 1.807) is 31.2 Å². The fraction of sp³-hybridized carbons (Fsp3) is 0.381. The SMILES string of the molecule is Cc1cnc(N2CC(=O)N(Cc3ccc(Cl)cc3)[C@@H](C3CC(O)C3)C2=O)c(F)c1. The summed E-state index contributed by atoms with van der Waals surface area (Å²) in [6.07, 6.45) is 1.85.